The Morgan fingerprint density at radius 1 is 1.14 bits per heavy atom. The minimum Gasteiger partial charge on any atom is -0.494 e. The van der Waals surface area contributed by atoms with E-state index in [4.69, 9.17) is 9.47 Å². The van der Waals surface area contributed by atoms with Crippen molar-refractivity contribution < 1.29 is 24.2 Å². The monoisotopic (exact) mass is 506 g/mol. The van der Waals surface area contributed by atoms with Crippen LogP contribution in [0, 0.1) is 17.2 Å². The first-order valence-electron chi connectivity index (χ1n) is 12.4. The van der Waals surface area contributed by atoms with Crippen LogP contribution in [-0.2, 0) is 9.59 Å². The molecular formula is C28H34N4O5. The number of rotatable bonds is 14. The third-order valence-electron chi connectivity index (χ3n) is 5.77. The second-order valence-corrected chi connectivity index (χ2v) is 8.77. The molecule has 4 N–H and O–H groups in total. The maximum atomic E-state index is 12.1. The van der Waals surface area contributed by atoms with Crippen molar-refractivity contribution in [1.29, 1.82) is 5.26 Å². The summed E-state index contributed by atoms with van der Waals surface area (Å²) in [4.78, 5) is 23.9. The summed E-state index contributed by atoms with van der Waals surface area (Å²) in [5.41, 5.74) is 1.76. The van der Waals surface area contributed by atoms with E-state index in [0.717, 1.165) is 11.1 Å². The van der Waals surface area contributed by atoms with E-state index in [-0.39, 0.29) is 24.5 Å². The van der Waals surface area contributed by atoms with Crippen molar-refractivity contribution in [1.82, 2.24) is 16.0 Å². The van der Waals surface area contributed by atoms with Crippen LogP contribution >= 0.6 is 0 Å². The number of aliphatic hydroxyl groups excluding tert-OH is 1. The number of aliphatic hydroxyl groups is 1. The van der Waals surface area contributed by atoms with E-state index < -0.39 is 12.0 Å². The number of ether oxygens (including phenoxy) is 2. The number of para-hydroxylation sites is 1. The van der Waals surface area contributed by atoms with Crippen molar-refractivity contribution in [3.63, 3.8) is 0 Å². The Morgan fingerprint density at radius 2 is 1.92 bits per heavy atom. The second kappa shape index (κ2) is 14.6. The van der Waals surface area contributed by atoms with Crippen LogP contribution in [0.1, 0.15) is 25.3 Å². The average molecular weight is 507 g/mol. The summed E-state index contributed by atoms with van der Waals surface area (Å²) >= 11 is 0. The number of hydrogen-bond acceptors (Lipinski definition) is 7. The van der Waals surface area contributed by atoms with Gasteiger partial charge in [-0.2, -0.15) is 5.26 Å². The van der Waals surface area contributed by atoms with Crippen molar-refractivity contribution >= 4 is 17.4 Å². The van der Waals surface area contributed by atoms with E-state index in [0.29, 0.717) is 50.6 Å². The molecule has 9 nitrogen and oxygen atoms in total. The predicted molar refractivity (Wildman–Crippen MR) is 140 cm³/mol. The fourth-order valence-corrected chi connectivity index (χ4v) is 3.83. The topological polar surface area (TPSA) is 133 Å². The van der Waals surface area contributed by atoms with Gasteiger partial charge >= 0.3 is 0 Å². The lowest BCUT2D eigenvalue weighted by molar-refractivity contribution is -0.123. The van der Waals surface area contributed by atoms with Gasteiger partial charge in [-0.1, -0.05) is 36.4 Å². The fourth-order valence-electron chi connectivity index (χ4n) is 3.83. The largest absolute Gasteiger partial charge is 0.494 e. The highest BCUT2D eigenvalue weighted by molar-refractivity contribution is 5.91. The van der Waals surface area contributed by atoms with Gasteiger partial charge in [-0.05, 0) is 48.7 Å². The molecule has 2 aromatic carbocycles. The first kappa shape index (κ1) is 27.7. The fraction of sp³-hybridized carbons (Fsp3) is 0.393. The Bertz CT molecular complexity index is 1100. The molecule has 3 unspecified atom stereocenters. The zero-order valence-electron chi connectivity index (χ0n) is 21.0. The Labute approximate surface area is 217 Å². The zero-order chi connectivity index (χ0) is 26.5. The van der Waals surface area contributed by atoms with Gasteiger partial charge in [0.25, 0.3) is 0 Å². The van der Waals surface area contributed by atoms with E-state index in [1.165, 1.54) is 0 Å². The Morgan fingerprint density at radius 3 is 2.70 bits per heavy atom. The molecule has 0 fully saturated rings. The maximum Gasteiger partial charge on any atom is 0.241 e. The lowest BCUT2D eigenvalue weighted by atomic mass is 9.91. The van der Waals surface area contributed by atoms with Gasteiger partial charge in [0.2, 0.25) is 11.8 Å². The minimum absolute atomic E-state index is 0.0633. The molecule has 9 heteroatoms. The van der Waals surface area contributed by atoms with E-state index >= 15 is 0 Å². The molecule has 0 bridgehead atoms. The second-order valence-electron chi connectivity index (χ2n) is 8.77. The van der Waals surface area contributed by atoms with Gasteiger partial charge in [-0.25, -0.2) is 0 Å². The zero-order valence-corrected chi connectivity index (χ0v) is 21.0. The quantitative estimate of drug-likeness (QED) is 0.288. The molecule has 0 saturated carbocycles. The molecule has 2 aromatic rings. The number of amides is 2. The molecule has 2 amide bonds. The summed E-state index contributed by atoms with van der Waals surface area (Å²) in [6.07, 6.45) is 1.95. The maximum absolute atomic E-state index is 12.1. The van der Waals surface area contributed by atoms with Crippen LogP contribution in [0.25, 0.3) is 5.57 Å². The Balaban J connectivity index is 1.28. The van der Waals surface area contributed by atoms with Gasteiger partial charge in [-0.15, -0.1) is 0 Å². The number of nitrogens with zero attached hydrogens (tertiary/aromatic N) is 1. The molecule has 0 aliphatic carbocycles. The van der Waals surface area contributed by atoms with Crippen molar-refractivity contribution in [2.75, 3.05) is 32.8 Å². The van der Waals surface area contributed by atoms with Gasteiger partial charge in [0.05, 0.1) is 18.7 Å². The van der Waals surface area contributed by atoms with Crippen LogP contribution in [0.2, 0.25) is 0 Å². The SMILES string of the molecule is CC1NC(=O)C(C#N)C=C1c1cccc(OCCCC(=O)NCCNCC(O)COc2ccccc2)c1. The van der Waals surface area contributed by atoms with Crippen LogP contribution in [0.15, 0.2) is 60.7 Å². The highest BCUT2D eigenvalue weighted by Gasteiger charge is 2.26. The first-order chi connectivity index (χ1) is 18.0. The number of benzene rings is 2. The summed E-state index contributed by atoms with van der Waals surface area (Å²) in [7, 11) is 0. The van der Waals surface area contributed by atoms with Crippen LogP contribution < -0.4 is 25.4 Å². The predicted octanol–water partition coefficient (Wildman–Crippen LogP) is 2.03. The van der Waals surface area contributed by atoms with Crippen LogP contribution in [0.5, 0.6) is 11.5 Å². The smallest absolute Gasteiger partial charge is 0.241 e. The van der Waals surface area contributed by atoms with E-state index in [2.05, 4.69) is 16.0 Å². The van der Waals surface area contributed by atoms with E-state index in [1.807, 2.05) is 67.6 Å². The van der Waals surface area contributed by atoms with E-state index in [9.17, 15) is 20.0 Å². The Hall–Kier alpha value is -3.87. The summed E-state index contributed by atoms with van der Waals surface area (Å²) in [5.74, 6) is 0.224. The van der Waals surface area contributed by atoms with Crippen molar-refractivity contribution in [2.45, 2.75) is 31.9 Å². The molecule has 0 spiro atoms. The average Bonchev–Trinajstić information content (AvgIpc) is 2.90. The lowest BCUT2D eigenvalue weighted by Gasteiger charge is -2.25. The van der Waals surface area contributed by atoms with Crippen LogP contribution in [0.3, 0.4) is 0 Å². The molecule has 0 radical (unpaired) electrons. The number of hydrogen-bond donors (Lipinski definition) is 4. The lowest BCUT2D eigenvalue weighted by Crippen LogP contribution is -2.41. The molecule has 1 aliphatic rings. The third-order valence-corrected chi connectivity index (χ3v) is 5.77. The minimum atomic E-state index is -0.803. The molecule has 3 atom stereocenters. The highest BCUT2D eigenvalue weighted by atomic mass is 16.5. The number of carbonyl (C=O) groups excluding carboxylic acids is 2. The molecule has 1 heterocycles. The van der Waals surface area contributed by atoms with Crippen molar-refractivity contribution in [3.8, 4) is 17.6 Å². The van der Waals surface area contributed by atoms with Crippen LogP contribution in [-0.4, -0.2) is 61.9 Å². The molecule has 0 aromatic heterocycles. The number of carbonyl (C=O) groups is 2. The summed E-state index contributed by atoms with van der Waals surface area (Å²) in [5, 5.41) is 27.9. The normalized spacial score (nSPS) is 17.6. The van der Waals surface area contributed by atoms with E-state index in [1.54, 1.807) is 6.08 Å². The van der Waals surface area contributed by atoms with Gasteiger partial charge in [0.15, 0.2) is 0 Å². The number of nitriles is 1. The first-order valence-corrected chi connectivity index (χ1v) is 12.4. The molecule has 37 heavy (non-hydrogen) atoms. The van der Waals surface area contributed by atoms with Gasteiger partial charge in [-0.3, -0.25) is 9.59 Å². The van der Waals surface area contributed by atoms with Gasteiger partial charge in [0, 0.05) is 26.1 Å². The van der Waals surface area contributed by atoms with Crippen molar-refractivity contribution in [3.05, 3.63) is 66.2 Å². The van der Waals surface area contributed by atoms with Gasteiger partial charge in [0.1, 0.15) is 30.1 Å². The molecule has 196 valence electrons. The molecule has 1 aliphatic heterocycles. The summed E-state index contributed by atoms with van der Waals surface area (Å²) in [6, 6.07) is 18.6. The highest BCUT2D eigenvalue weighted by Crippen LogP contribution is 2.27. The van der Waals surface area contributed by atoms with Crippen molar-refractivity contribution in [2.24, 2.45) is 5.92 Å². The van der Waals surface area contributed by atoms with Crippen LogP contribution in [0.4, 0.5) is 0 Å². The third kappa shape index (κ3) is 9.26. The summed E-state index contributed by atoms with van der Waals surface area (Å²) in [6.45, 7) is 3.82. The molecule has 0 saturated heterocycles. The number of nitrogens with one attached hydrogen (secondary N) is 3. The summed E-state index contributed by atoms with van der Waals surface area (Å²) < 4.78 is 11.3. The molecule has 3 rings (SSSR count). The molecular weight excluding hydrogens is 472 g/mol. The Kier molecular flexibility index (Phi) is 11.0. The standard InChI is InChI=1S/C28H34N4O5/c1-20-26(16-22(17-29)28(35)32-20)21-7-5-10-25(15-21)36-14-6-11-27(34)31-13-12-30-18-23(33)19-37-24-8-3-2-4-9-24/h2-5,7-10,15-16,20,22-23,30,33H,6,11-14,18-19H2,1H3,(H,31,34)(H,32,35). The van der Waals surface area contributed by atoms with Gasteiger partial charge < -0.3 is 30.5 Å².